The van der Waals surface area contributed by atoms with E-state index < -0.39 is 16.1 Å². The van der Waals surface area contributed by atoms with E-state index in [0.717, 1.165) is 20.0 Å². The number of Topliss-reactive ketones (excluding diaryl/α,β-unsaturated/α-hetero) is 1. The average Bonchev–Trinajstić information content (AvgIpc) is 2.74. The summed E-state index contributed by atoms with van der Waals surface area (Å²) in [7, 11) is -3.29. The molecule has 0 aliphatic carbocycles. The zero-order valence-corrected chi connectivity index (χ0v) is 21.3. The number of carbonyl (C=O) groups excluding carboxylic acids is 1. The van der Waals surface area contributed by atoms with Gasteiger partial charge in [-0.15, -0.1) is 0 Å². The molecule has 8 nitrogen and oxygen atoms in total. The van der Waals surface area contributed by atoms with Crippen molar-refractivity contribution in [2.45, 2.75) is 109 Å². The lowest BCUT2D eigenvalue weighted by Crippen LogP contribution is -2.57. The summed E-state index contributed by atoms with van der Waals surface area (Å²) in [4.78, 5) is 12.0. The Morgan fingerprint density at radius 1 is 0.969 bits per heavy atom. The highest BCUT2D eigenvalue weighted by molar-refractivity contribution is 7.80. The van der Waals surface area contributed by atoms with Gasteiger partial charge in [0, 0.05) is 13.0 Å². The smallest absolute Gasteiger partial charge is 0.395 e. The summed E-state index contributed by atoms with van der Waals surface area (Å²) in [6.07, 6.45) is 21.5. The van der Waals surface area contributed by atoms with Crippen LogP contribution in [0.3, 0.4) is 0 Å². The molecule has 5 N–H and O–H groups in total. The van der Waals surface area contributed by atoms with Crippen LogP contribution in [0.1, 0.15) is 104 Å². The van der Waals surface area contributed by atoms with Gasteiger partial charge in [-0.05, 0) is 39.0 Å². The number of nitrogens with one attached hydrogen (secondary N) is 1. The number of hydrogen-bond donors (Lipinski definition) is 4. The van der Waals surface area contributed by atoms with Crippen LogP contribution < -0.4 is 11.1 Å². The molecule has 0 aromatic rings. The first kappa shape index (κ1) is 33.3. The molecule has 0 amide bonds. The number of carbonyl (C=O) groups is 1. The Hall–Kier alpha value is -0.840. The fourth-order valence-corrected chi connectivity index (χ4v) is 3.03. The van der Waals surface area contributed by atoms with Crippen molar-refractivity contribution in [1.29, 1.82) is 0 Å². The highest BCUT2D eigenvalue weighted by Crippen LogP contribution is 2.11. The summed E-state index contributed by atoms with van der Waals surface area (Å²) in [6, 6.07) is 0. The van der Waals surface area contributed by atoms with Gasteiger partial charge in [-0.1, -0.05) is 70.4 Å². The molecule has 0 aliphatic heterocycles. The van der Waals surface area contributed by atoms with Crippen molar-refractivity contribution in [3.63, 3.8) is 0 Å². The van der Waals surface area contributed by atoms with Crippen LogP contribution in [-0.4, -0.2) is 49.8 Å². The largest absolute Gasteiger partial charge is 0.397 e. The summed E-state index contributed by atoms with van der Waals surface area (Å²) < 4.78 is 29.7. The van der Waals surface area contributed by atoms with Gasteiger partial charge in [-0.25, -0.2) is 0 Å². The molecule has 0 aliphatic rings. The van der Waals surface area contributed by atoms with Crippen molar-refractivity contribution in [1.82, 2.24) is 5.32 Å². The van der Waals surface area contributed by atoms with Crippen LogP contribution in [0, 0.1) is 0 Å². The van der Waals surface area contributed by atoms with Crippen LogP contribution in [0.4, 0.5) is 0 Å². The van der Waals surface area contributed by atoms with Crippen LogP contribution in [0.5, 0.6) is 0 Å². The molecule has 0 aromatic heterocycles. The molecule has 0 heterocycles. The maximum absolute atomic E-state index is 12.0. The van der Waals surface area contributed by atoms with Crippen LogP contribution in [0.2, 0.25) is 0 Å². The third-order valence-electron chi connectivity index (χ3n) is 5.06. The number of ketones is 1. The number of hydrogen-bond acceptors (Lipinski definition) is 7. The minimum Gasteiger partial charge on any atom is -0.395 e. The summed E-state index contributed by atoms with van der Waals surface area (Å²) in [5, 5.41) is 11.7. The second kappa shape index (κ2) is 22.0. The van der Waals surface area contributed by atoms with Gasteiger partial charge >= 0.3 is 10.4 Å². The maximum Gasteiger partial charge on any atom is 0.397 e. The second-order valence-electron chi connectivity index (χ2n) is 8.20. The Morgan fingerprint density at radius 3 is 1.84 bits per heavy atom. The summed E-state index contributed by atoms with van der Waals surface area (Å²) in [6.45, 7) is 4.29. The standard InChI is InChI=1S/C22H44N2O2.CH4O4S/c1-3-4-5-6-7-8-9-10-11-12-13-14-15-16-17-18-21(26)22(2,23)24-19-20-25;1-5-6(2,3)4/h10-11,24-25H,3-9,12-20,23H2,1-2H3;1H3,(H,2,3,4)/b11-10-;. The van der Waals surface area contributed by atoms with Gasteiger partial charge < -0.3 is 10.8 Å². The quantitative estimate of drug-likeness (QED) is 0.0876. The second-order valence-corrected chi connectivity index (χ2v) is 9.39. The first-order valence-electron chi connectivity index (χ1n) is 12.0. The van der Waals surface area contributed by atoms with Crippen LogP contribution >= 0.6 is 0 Å². The first-order valence-corrected chi connectivity index (χ1v) is 13.3. The Morgan fingerprint density at radius 2 is 1.41 bits per heavy atom. The van der Waals surface area contributed by atoms with E-state index in [1.165, 1.54) is 70.6 Å². The lowest BCUT2D eigenvalue weighted by atomic mass is 10.0. The Balaban J connectivity index is 0. The number of rotatable bonds is 20. The topological polar surface area (TPSA) is 139 Å². The molecule has 0 bridgehead atoms. The third kappa shape index (κ3) is 25.4. The van der Waals surface area contributed by atoms with Gasteiger partial charge in [0.1, 0.15) is 5.66 Å². The summed E-state index contributed by atoms with van der Waals surface area (Å²) >= 11 is 0. The van der Waals surface area contributed by atoms with E-state index in [2.05, 4.69) is 28.6 Å². The van der Waals surface area contributed by atoms with Crippen LogP contribution in [0.15, 0.2) is 12.2 Å². The van der Waals surface area contributed by atoms with Gasteiger partial charge in [0.15, 0.2) is 5.78 Å². The van der Waals surface area contributed by atoms with Crippen LogP contribution in [-0.2, 0) is 19.4 Å². The van der Waals surface area contributed by atoms with E-state index >= 15 is 0 Å². The Kier molecular flexibility index (Phi) is 22.9. The van der Waals surface area contributed by atoms with Crippen LogP contribution in [0.25, 0.3) is 0 Å². The molecular formula is C23H48N2O6S. The van der Waals surface area contributed by atoms with Gasteiger partial charge in [0.2, 0.25) is 0 Å². The van der Waals surface area contributed by atoms with Crippen molar-refractivity contribution < 1.29 is 27.1 Å². The molecule has 9 heteroatoms. The number of allylic oxidation sites excluding steroid dienone is 2. The monoisotopic (exact) mass is 480 g/mol. The van der Waals surface area contributed by atoms with E-state index in [0.29, 0.717) is 13.0 Å². The molecule has 0 saturated heterocycles. The first-order chi connectivity index (χ1) is 15.1. The molecule has 1 unspecified atom stereocenters. The number of aliphatic hydroxyl groups excluding tert-OH is 1. The molecule has 192 valence electrons. The van der Waals surface area contributed by atoms with Crippen molar-refractivity contribution in [3.05, 3.63) is 12.2 Å². The average molecular weight is 481 g/mol. The molecule has 0 spiro atoms. The van der Waals surface area contributed by atoms with E-state index in [-0.39, 0.29) is 12.4 Å². The molecular weight excluding hydrogens is 432 g/mol. The molecule has 1 atom stereocenters. The summed E-state index contributed by atoms with van der Waals surface area (Å²) in [5.74, 6) is 0.0311. The van der Waals surface area contributed by atoms with E-state index in [4.69, 9.17) is 15.4 Å². The van der Waals surface area contributed by atoms with Crippen molar-refractivity contribution >= 4 is 16.2 Å². The lowest BCUT2D eigenvalue weighted by molar-refractivity contribution is -0.124. The van der Waals surface area contributed by atoms with E-state index in [1.807, 2.05) is 0 Å². The number of unbranched alkanes of at least 4 members (excludes halogenated alkanes) is 11. The maximum atomic E-state index is 12.0. The van der Waals surface area contributed by atoms with Crippen molar-refractivity contribution in [2.24, 2.45) is 5.73 Å². The zero-order chi connectivity index (χ0) is 24.7. The summed E-state index contributed by atoms with van der Waals surface area (Å²) in [5.41, 5.74) is 4.92. The van der Waals surface area contributed by atoms with Crippen molar-refractivity contribution in [2.75, 3.05) is 20.3 Å². The number of nitrogens with two attached hydrogens (primary N) is 1. The highest BCUT2D eigenvalue weighted by atomic mass is 32.3. The van der Waals surface area contributed by atoms with Gasteiger partial charge in [0.25, 0.3) is 0 Å². The number of aliphatic hydroxyl groups is 1. The SMILES string of the molecule is CCCCCCCC/C=C\CCCCCCCC(=O)C(C)(N)NCCO.COS(=O)(=O)O. The Labute approximate surface area is 196 Å². The molecule has 0 aromatic carbocycles. The predicted octanol–water partition coefficient (Wildman–Crippen LogP) is 4.29. The minimum absolute atomic E-state index is 0.00647. The predicted molar refractivity (Wildman–Crippen MR) is 131 cm³/mol. The molecule has 0 fully saturated rings. The lowest BCUT2D eigenvalue weighted by Gasteiger charge is -2.24. The fourth-order valence-electron chi connectivity index (χ4n) is 3.03. The van der Waals surface area contributed by atoms with Gasteiger partial charge in [0.05, 0.1) is 13.7 Å². The van der Waals surface area contributed by atoms with Gasteiger partial charge in [-0.2, -0.15) is 8.42 Å². The highest BCUT2D eigenvalue weighted by Gasteiger charge is 2.26. The van der Waals surface area contributed by atoms with E-state index in [1.54, 1.807) is 6.92 Å². The molecule has 0 saturated carbocycles. The Bertz CT molecular complexity index is 565. The van der Waals surface area contributed by atoms with Gasteiger partial charge in [-0.3, -0.25) is 18.8 Å². The zero-order valence-electron chi connectivity index (χ0n) is 20.5. The molecule has 0 radical (unpaired) electrons. The van der Waals surface area contributed by atoms with Crippen molar-refractivity contribution in [3.8, 4) is 0 Å². The van der Waals surface area contributed by atoms with E-state index in [9.17, 15) is 13.2 Å². The molecule has 0 rings (SSSR count). The fraction of sp³-hybridized carbons (Fsp3) is 0.870. The normalized spacial score (nSPS) is 13.6. The molecule has 32 heavy (non-hydrogen) atoms. The minimum atomic E-state index is -4.16. The third-order valence-corrected chi connectivity index (χ3v) is 5.48.